The van der Waals surface area contributed by atoms with Crippen molar-refractivity contribution in [2.24, 2.45) is 0 Å². The predicted octanol–water partition coefficient (Wildman–Crippen LogP) is -2.73. The minimum absolute atomic E-state index is 0. The van der Waals surface area contributed by atoms with Gasteiger partial charge in [-0.25, -0.2) is 4.79 Å². The molecule has 0 aliphatic carbocycles. The standard InChI is InChI=1S/C10H17NO4.ClH/c1-6-8(12)10(9(13)14,15-7-2)11(3,4)5;/h6H,1,7H2,2-5H3;1H. The van der Waals surface area contributed by atoms with Crippen LogP contribution in [0.3, 0.4) is 0 Å². The zero-order chi connectivity index (χ0) is 12.3. The molecular weight excluding hydrogens is 234 g/mol. The van der Waals surface area contributed by atoms with Gasteiger partial charge in [0.05, 0.1) is 27.7 Å². The van der Waals surface area contributed by atoms with Crippen LogP contribution in [0.1, 0.15) is 6.92 Å². The first-order valence-electron chi connectivity index (χ1n) is 4.59. The summed E-state index contributed by atoms with van der Waals surface area (Å²) >= 11 is 0. The number of carbonyl (C=O) groups is 2. The highest BCUT2D eigenvalue weighted by Crippen LogP contribution is 2.23. The second-order valence-electron chi connectivity index (χ2n) is 3.96. The lowest BCUT2D eigenvalue weighted by molar-refractivity contribution is -0.927. The SMILES string of the molecule is C=CC(=O)C(OCC)(C(=O)O)[N+](C)(C)C.[Cl-]. The van der Waals surface area contributed by atoms with Gasteiger partial charge in [-0.05, 0) is 13.0 Å². The van der Waals surface area contributed by atoms with E-state index in [0.717, 1.165) is 6.08 Å². The Morgan fingerprint density at radius 2 is 1.88 bits per heavy atom. The maximum atomic E-state index is 11.7. The van der Waals surface area contributed by atoms with E-state index in [4.69, 9.17) is 4.74 Å². The molecule has 0 amide bonds. The van der Waals surface area contributed by atoms with Gasteiger partial charge in [-0.3, -0.25) is 9.28 Å². The maximum Gasteiger partial charge on any atom is 0.404 e. The van der Waals surface area contributed by atoms with E-state index in [-0.39, 0.29) is 23.5 Å². The summed E-state index contributed by atoms with van der Waals surface area (Å²) in [7, 11) is 4.77. The summed E-state index contributed by atoms with van der Waals surface area (Å²) in [4.78, 5) is 22.9. The van der Waals surface area contributed by atoms with Crippen LogP contribution in [-0.2, 0) is 14.3 Å². The van der Waals surface area contributed by atoms with Crippen molar-refractivity contribution in [3.8, 4) is 0 Å². The third kappa shape index (κ3) is 2.81. The van der Waals surface area contributed by atoms with E-state index in [2.05, 4.69) is 6.58 Å². The van der Waals surface area contributed by atoms with Crippen LogP contribution in [0.4, 0.5) is 0 Å². The third-order valence-electron chi connectivity index (χ3n) is 2.11. The van der Waals surface area contributed by atoms with Crippen molar-refractivity contribution < 1.29 is 36.3 Å². The average Bonchev–Trinajstić information content (AvgIpc) is 2.10. The summed E-state index contributed by atoms with van der Waals surface area (Å²) in [6.07, 6.45) is 0.979. The van der Waals surface area contributed by atoms with E-state index in [9.17, 15) is 14.7 Å². The summed E-state index contributed by atoms with van der Waals surface area (Å²) < 4.78 is 5.01. The Bertz CT molecular complexity index is 285. The Morgan fingerprint density at radius 1 is 1.44 bits per heavy atom. The van der Waals surface area contributed by atoms with Crippen molar-refractivity contribution in [3.05, 3.63) is 12.7 Å². The largest absolute Gasteiger partial charge is 1.00 e. The van der Waals surface area contributed by atoms with Crippen LogP contribution in [0, 0.1) is 0 Å². The predicted molar refractivity (Wildman–Crippen MR) is 55.2 cm³/mol. The fourth-order valence-corrected chi connectivity index (χ4v) is 1.40. The first kappa shape index (κ1) is 17.5. The van der Waals surface area contributed by atoms with E-state index < -0.39 is 17.5 Å². The van der Waals surface area contributed by atoms with Crippen LogP contribution in [0.2, 0.25) is 0 Å². The van der Waals surface area contributed by atoms with Gasteiger partial charge in [0.25, 0.3) is 5.78 Å². The van der Waals surface area contributed by atoms with Gasteiger partial charge in [-0.1, -0.05) is 6.58 Å². The molecular formula is C10H18ClNO4. The number of rotatable bonds is 6. The van der Waals surface area contributed by atoms with E-state index in [1.807, 2.05) is 0 Å². The number of carboxylic acid groups (broad SMARTS) is 1. The zero-order valence-corrected chi connectivity index (χ0v) is 10.7. The first-order valence-corrected chi connectivity index (χ1v) is 4.59. The minimum atomic E-state index is -1.91. The van der Waals surface area contributed by atoms with Gasteiger partial charge in [0.15, 0.2) is 0 Å². The average molecular weight is 252 g/mol. The molecule has 0 aromatic heterocycles. The third-order valence-corrected chi connectivity index (χ3v) is 2.11. The summed E-state index contributed by atoms with van der Waals surface area (Å²) in [5.41, 5.74) is -1.91. The number of nitrogens with zero attached hydrogens (tertiary/aromatic N) is 1. The van der Waals surface area contributed by atoms with Crippen molar-refractivity contribution in [2.75, 3.05) is 27.7 Å². The second kappa shape index (κ2) is 5.98. The van der Waals surface area contributed by atoms with Crippen LogP contribution in [0.15, 0.2) is 12.7 Å². The van der Waals surface area contributed by atoms with Crippen LogP contribution in [-0.4, -0.2) is 54.8 Å². The van der Waals surface area contributed by atoms with Crippen molar-refractivity contribution in [3.63, 3.8) is 0 Å². The fourth-order valence-electron chi connectivity index (χ4n) is 1.40. The second-order valence-corrected chi connectivity index (χ2v) is 3.96. The molecule has 0 rings (SSSR count). The molecule has 16 heavy (non-hydrogen) atoms. The van der Waals surface area contributed by atoms with Gasteiger partial charge >= 0.3 is 11.7 Å². The Balaban J connectivity index is 0. The summed E-state index contributed by atoms with van der Waals surface area (Å²) in [5.74, 6) is -1.95. The molecule has 1 N–H and O–H groups in total. The van der Waals surface area contributed by atoms with Crippen molar-refractivity contribution in [1.82, 2.24) is 0 Å². The molecule has 0 fully saturated rings. The quantitative estimate of drug-likeness (QED) is 0.241. The number of aliphatic carboxylic acids is 1. The van der Waals surface area contributed by atoms with Gasteiger partial charge in [-0.15, -0.1) is 0 Å². The topological polar surface area (TPSA) is 63.6 Å². The Morgan fingerprint density at radius 3 is 2.06 bits per heavy atom. The normalized spacial score (nSPS) is 14.5. The molecule has 0 bridgehead atoms. The highest BCUT2D eigenvalue weighted by molar-refractivity contribution is 6.10. The lowest BCUT2D eigenvalue weighted by Crippen LogP contribution is -3.00. The molecule has 0 aliphatic rings. The van der Waals surface area contributed by atoms with Crippen LogP contribution in [0.5, 0.6) is 0 Å². The number of carbonyl (C=O) groups excluding carboxylic acids is 1. The van der Waals surface area contributed by atoms with Crippen LogP contribution in [0.25, 0.3) is 0 Å². The molecule has 0 heterocycles. The van der Waals surface area contributed by atoms with Crippen LogP contribution < -0.4 is 12.4 Å². The van der Waals surface area contributed by atoms with Gasteiger partial charge in [0, 0.05) is 0 Å². The maximum absolute atomic E-state index is 11.7. The molecule has 6 heteroatoms. The number of likely N-dealkylation sites (N-methyl/N-ethyl adjacent to an activating group) is 1. The van der Waals surface area contributed by atoms with Gasteiger partial charge in [0.2, 0.25) is 0 Å². The number of ether oxygens (including phenoxy) is 1. The lowest BCUT2D eigenvalue weighted by Gasteiger charge is -2.39. The molecule has 0 spiro atoms. The molecule has 0 radical (unpaired) electrons. The Labute approximate surface area is 102 Å². The lowest BCUT2D eigenvalue weighted by atomic mass is 10.1. The summed E-state index contributed by atoms with van der Waals surface area (Å²) in [6, 6.07) is 0. The number of quaternary nitrogens is 1. The summed E-state index contributed by atoms with van der Waals surface area (Å²) in [5, 5.41) is 9.18. The van der Waals surface area contributed by atoms with Gasteiger partial charge in [-0.2, -0.15) is 0 Å². The van der Waals surface area contributed by atoms with Crippen molar-refractivity contribution >= 4 is 11.8 Å². The smallest absolute Gasteiger partial charge is 0.404 e. The first-order chi connectivity index (χ1) is 6.74. The highest BCUT2D eigenvalue weighted by Gasteiger charge is 2.58. The van der Waals surface area contributed by atoms with Crippen LogP contribution >= 0.6 is 0 Å². The number of halogens is 1. The molecule has 5 nitrogen and oxygen atoms in total. The highest BCUT2D eigenvalue weighted by atomic mass is 35.5. The van der Waals surface area contributed by atoms with E-state index >= 15 is 0 Å². The van der Waals surface area contributed by atoms with E-state index in [1.165, 1.54) is 0 Å². The minimum Gasteiger partial charge on any atom is -1.00 e. The summed E-state index contributed by atoms with van der Waals surface area (Å²) in [6.45, 7) is 5.08. The van der Waals surface area contributed by atoms with Gasteiger partial charge in [0.1, 0.15) is 0 Å². The molecule has 0 saturated heterocycles. The molecule has 0 saturated carbocycles. The molecule has 0 aliphatic heterocycles. The molecule has 1 atom stereocenters. The monoisotopic (exact) mass is 251 g/mol. The zero-order valence-electron chi connectivity index (χ0n) is 9.99. The molecule has 94 valence electrons. The van der Waals surface area contributed by atoms with Crippen molar-refractivity contribution in [2.45, 2.75) is 12.6 Å². The molecule has 0 aromatic rings. The number of hydrogen-bond donors (Lipinski definition) is 1. The molecule has 1 unspecified atom stereocenters. The van der Waals surface area contributed by atoms with E-state index in [0.29, 0.717) is 0 Å². The van der Waals surface area contributed by atoms with Crippen molar-refractivity contribution in [1.29, 1.82) is 0 Å². The van der Waals surface area contributed by atoms with Gasteiger partial charge < -0.3 is 22.3 Å². The number of ketones is 1. The number of carboxylic acids is 1. The number of hydrogen-bond acceptors (Lipinski definition) is 3. The Hall–Kier alpha value is -0.910. The Kier molecular flexibility index (Phi) is 6.54. The van der Waals surface area contributed by atoms with E-state index in [1.54, 1.807) is 28.1 Å². The fraction of sp³-hybridized carbons (Fsp3) is 0.600. The molecule has 0 aromatic carbocycles.